The fraction of sp³-hybridized carbons (Fsp3) is 0.263. The van der Waals surface area contributed by atoms with Gasteiger partial charge in [0.2, 0.25) is 0 Å². The van der Waals surface area contributed by atoms with E-state index in [1.54, 1.807) is 18.7 Å². The van der Waals surface area contributed by atoms with E-state index in [1.165, 1.54) is 17.7 Å². The van der Waals surface area contributed by atoms with E-state index >= 15 is 0 Å². The Morgan fingerprint density at radius 2 is 1.85 bits per heavy atom. The molecule has 2 rings (SSSR count). The van der Waals surface area contributed by atoms with Crippen LogP contribution in [0.15, 0.2) is 47.4 Å². The maximum absolute atomic E-state index is 11.9. The number of nitro benzene ring substituents is 1. The average molecular weight is 388 g/mol. The number of rotatable bonds is 8. The third-order valence-corrected chi connectivity index (χ3v) is 4.70. The van der Waals surface area contributed by atoms with Gasteiger partial charge in [-0.3, -0.25) is 14.9 Å². The lowest BCUT2D eigenvalue weighted by Gasteiger charge is -2.07. The van der Waals surface area contributed by atoms with E-state index in [9.17, 15) is 19.7 Å². The molecule has 0 atom stereocenters. The van der Waals surface area contributed by atoms with Gasteiger partial charge in [0.05, 0.1) is 10.5 Å². The molecule has 27 heavy (non-hydrogen) atoms. The number of nitro groups is 1. The van der Waals surface area contributed by atoms with Crippen molar-refractivity contribution in [3.63, 3.8) is 0 Å². The number of thioether (sulfide) groups is 1. The summed E-state index contributed by atoms with van der Waals surface area (Å²) < 4.78 is 4.91. The number of hydrogen-bond donors (Lipinski definition) is 1. The van der Waals surface area contributed by atoms with Gasteiger partial charge in [-0.05, 0) is 32.0 Å². The quantitative estimate of drug-likeness (QED) is 0.245. The fourth-order valence-corrected chi connectivity index (χ4v) is 2.96. The van der Waals surface area contributed by atoms with Crippen molar-refractivity contribution >= 4 is 29.3 Å². The van der Waals surface area contributed by atoms with E-state index in [1.807, 2.05) is 31.2 Å². The lowest BCUT2D eigenvalue weighted by molar-refractivity contribution is -0.385. The van der Waals surface area contributed by atoms with Gasteiger partial charge in [0.25, 0.3) is 11.6 Å². The second-order valence-corrected chi connectivity index (χ2v) is 7.01. The molecular formula is C19H20N2O5S. The molecule has 0 saturated heterocycles. The van der Waals surface area contributed by atoms with Gasteiger partial charge in [-0.25, -0.2) is 4.79 Å². The molecule has 0 aliphatic rings. The highest BCUT2D eigenvalue weighted by Crippen LogP contribution is 2.20. The first-order chi connectivity index (χ1) is 12.9. The van der Waals surface area contributed by atoms with Crippen LogP contribution in [0.4, 0.5) is 5.69 Å². The van der Waals surface area contributed by atoms with Gasteiger partial charge >= 0.3 is 5.97 Å². The largest absolute Gasteiger partial charge is 0.452 e. The Bertz CT molecular complexity index is 836. The molecule has 0 fully saturated rings. The monoisotopic (exact) mass is 388 g/mol. The number of ether oxygens (including phenoxy) is 1. The number of carbonyl (C=O) groups is 2. The van der Waals surface area contributed by atoms with Crippen molar-refractivity contribution in [2.24, 2.45) is 0 Å². The van der Waals surface area contributed by atoms with Gasteiger partial charge in [-0.15, -0.1) is 11.8 Å². The smallest absolute Gasteiger partial charge is 0.338 e. The van der Waals surface area contributed by atoms with Crippen LogP contribution in [0, 0.1) is 24.0 Å². The fourth-order valence-electron chi connectivity index (χ4n) is 2.19. The van der Waals surface area contributed by atoms with Crippen molar-refractivity contribution in [3.8, 4) is 0 Å². The predicted octanol–water partition coefficient (Wildman–Crippen LogP) is 3.28. The third-order valence-electron chi connectivity index (χ3n) is 3.69. The molecule has 1 amide bonds. The number of aryl methyl sites for hydroxylation is 2. The van der Waals surface area contributed by atoms with Gasteiger partial charge in [0.1, 0.15) is 0 Å². The maximum Gasteiger partial charge on any atom is 0.338 e. The summed E-state index contributed by atoms with van der Waals surface area (Å²) in [7, 11) is 0. The Morgan fingerprint density at radius 1 is 1.15 bits per heavy atom. The van der Waals surface area contributed by atoms with Crippen LogP contribution in [0.2, 0.25) is 0 Å². The van der Waals surface area contributed by atoms with E-state index < -0.39 is 23.4 Å². The van der Waals surface area contributed by atoms with Crippen LogP contribution in [0.25, 0.3) is 0 Å². The molecule has 0 unspecified atom stereocenters. The number of carbonyl (C=O) groups excluding carboxylic acids is 2. The first kappa shape index (κ1) is 20.4. The van der Waals surface area contributed by atoms with E-state index in [0.29, 0.717) is 17.9 Å². The number of hydrogen-bond acceptors (Lipinski definition) is 6. The summed E-state index contributed by atoms with van der Waals surface area (Å²) in [5.41, 5.74) is 1.51. The second-order valence-electron chi connectivity index (χ2n) is 5.85. The van der Waals surface area contributed by atoms with Crippen LogP contribution >= 0.6 is 11.8 Å². The molecule has 0 aliphatic heterocycles. The lowest BCUT2D eigenvalue weighted by atomic mass is 10.1. The molecule has 1 N–H and O–H groups in total. The Labute approximate surface area is 161 Å². The van der Waals surface area contributed by atoms with Crippen molar-refractivity contribution in [1.82, 2.24) is 5.32 Å². The molecule has 2 aromatic carbocycles. The van der Waals surface area contributed by atoms with Crippen molar-refractivity contribution in [1.29, 1.82) is 0 Å². The molecule has 0 aliphatic carbocycles. The summed E-state index contributed by atoms with van der Waals surface area (Å²) in [5, 5.41) is 13.6. The van der Waals surface area contributed by atoms with Crippen molar-refractivity contribution in [3.05, 3.63) is 69.3 Å². The highest BCUT2D eigenvalue weighted by atomic mass is 32.2. The molecule has 0 heterocycles. The van der Waals surface area contributed by atoms with Crippen LogP contribution in [-0.2, 0) is 9.53 Å². The number of amides is 1. The Morgan fingerprint density at radius 3 is 2.52 bits per heavy atom. The van der Waals surface area contributed by atoms with E-state index in [2.05, 4.69) is 5.32 Å². The van der Waals surface area contributed by atoms with Crippen molar-refractivity contribution in [2.75, 3.05) is 18.9 Å². The number of benzene rings is 2. The minimum atomic E-state index is -0.776. The van der Waals surface area contributed by atoms with Gasteiger partial charge in [-0.2, -0.15) is 0 Å². The number of nitrogens with one attached hydrogen (secondary N) is 1. The molecule has 0 saturated carbocycles. The molecule has 0 spiro atoms. The van der Waals surface area contributed by atoms with Crippen LogP contribution in [-0.4, -0.2) is 35.7 Å². The summed E-state index contributed by atoms with van der Waals surface area (Å²) in [6.45, 7) is 3.60. The Kier molecular flexibility index (Phi) is 7.36. The molecule has 142 valence electrons. The zero-order valence-corrected chi connectivity index (χ0v) is 15.9. The summed E-state index contributed by atoms with van der Waals surface area (Å²) in [5.74, 6) is -0.510. The van der Waals surface area contributed by atoms with Gasteiger partial charge in [0, 0.05) is 28.8 Å². The van der Waals surface area contributed by atoms with Gasteiger partial charge in [0.15, 0.2) is 6.61 Å². The summed E-state index contributed by atoms with van der Waals surface area (Å²) in [4.78, 5) is 35.2. The molecular weight excluding hydrogens is 368 g/mol. The molecule has 7 nitrogen and oxygen atoms in total. The molecule has 2 aromatic rings. The minimum absolute atomic E-state index is 0.0371. The first-order valence-electron chi connectivity index (χ1n) is 8.25. The summed E-state index contributed by atoms with van der Waals surface area (Å²) in [6.07, 6.45) is 0. The van der Waals surface area contributed by atoms with Crippen LogP contribution in [0.5, 0.6) is 0 Å². The van der Waals surface area contributed by atoms with Crippen LogP contribution in [0.1, 0.15) is 21.5 Å². The lowest BCUT2D eigenvalue weighted by Crippen LogP contribution is -2.30. The van der Waals surface area contributed by atoms with Gasteiger partial charge < -0.3 is 10.1 Å². The number of esters is 1. The molecule has 0 aromatic heterocycles. The molecule has 0 bridgehead atoms. The van der Waals surface area contributed by atoms with E-state index in [4.69, 9.17) is 4.74 Å². The van der Waals surface area contributed by atoms with Crippen molar-refractivity contribution in [2.45, 2.75) is 18.7 Å². The van der Waals surface area contributed by atoms with Gasteiger partial charge in [-0.1, -0.05) is 23.8 Å². The topological polar surface area (TPSA) is 98.5 Å². The highest BCUT2D eigenvalue weighted by molar-refractivity contribution is 7.99. The standard InChI is InChI=1S/C19H20N2O5S/c1-13-3-7-16(8-4-13)27-10-9-20-18(22)12-26-19(23)15-6-5-14(2)17(11-15)21(24)25/h3-8,11H,9-10,12H2,1-2H3,(H,20,22). The molecule has 0 radical (unpaired) electrons. The van der Waals surface area contributed by atoms with E-state index in [-0.39, 0.29) is 11.3 Å². The minimum Gasteiger partial charge on any atom is -0.452 e. The van der Waals surface area contributed by atoms with Crippen molar-refractivity contribution < 1.29 is 19.2 Å². The third kappa shape index (κ3) is 6.41. The highest BCUT2D eigenvalue weighted by Gasteiger charge is 2.16. The Balaban J connectivity index is 1.73. The summed E-state index contributed by atoms with van der Waals surface area (Å²) >= 11 is 1.61. The second kappa shape index (κ2) is 9.72. The van der Waals surface area contributed by atoms with Crippen LogP contribution in [0.3, 0.4) is 0 Å². The normalized spacial score (nSPS) is 10.3. The van der Waals surface area contributed by atoms with E-state index in [0.717, 1.165) is 11.0 Å². The maximum atomic E-state index is 11.9. The SMILES string of the molecule is Cc1ccc(SCCNC(=O)COC(=O)c2ccc(C)c([N+](=O)[O-])c2)cc1. The van der Waals surface area contributed by atoms with Crippen LogP contribution < -0.4 is 5.32 Å². The predicted molar refractivity (Wildman–Crippen MR) is 103 cm³/mol. The average Bonchev–Trinajstić information content (AvgIpc) is 2.64. The molecule has 8 heteroatoms. The number of nitrogens with zero attached hydrogens (tertiary/aromatic N) is 1. The zero-order valence-electron chi connectivity index (χ0n) is 15.1. The zero-order chi connectivity index (χ0) is 19.8. The summed E-state index contributed by atoms with van der Waals surface area (Å²) in [6, 6.07) is 12.1. The first-order valence-corrected chi connectivity index (χ1v) is 9.23. The Hall–Kier alpha value is -2.87.